The van der Waals surface area contributed by atoms with Crippen molar-refractivity contribution in [2.45, 2.75) is 25.7 Å². The van der Waals surface area contributed by atoms with E-state index >= 15 is 0 Å². The predicted molar refractivity (Wildman–Crippen MR) is 116 cm³/mol. The van der Waals surface area contributed by atoms with E-state index in [2.05, 4.69) is 38.2 Å². The molecule has 0 aromatic carbocycles. The van der Waals surface area contributed by atoms with Crippen molar-refractivity contribution < 1.29 is 4.79 Å². The number of aryl methyl sites for hydroxylation is 2. The Kier molecular flexibility index (Phi) is 4.89. The fourth-order valence-electron chi connectivity index (χ4n) is 4.06. The molecule has 0 N–H and O–H groups in total. The van der Waals surface area contributed by atoms with Gasteiger partial charge in [0.25, 0.3) is 5.91 Å². The molecule has 0 saturated carbocycles. The molecule has 1 fully saturated rings. The number of nitrogens with zero attached hydrogens (tertiary/aromatic N) is 7. The highest BCUT2D eigenvalue weighted by molar-refractivity contribution is 5.92. The van der Waals surface area contributed by atoms with Crippen molar-refractivity contribution in [1.29, 1.82) is 0 Å². The SMILES string of the molecule is Cc1cc(C(=O)N2CCC(c3ccc4cc(-c5cncnc5)cnc4n3)CC2)nn1C. The van der Waals surface area contributed by atoms with Crippen LogP contribution in [-0.2, 0) is 7.05 Å². The fraction of sp³-hybridized carbons (Fsp3) is 0.304. The first-order chi connectivity index (χ1) is 15.1. The summed E-state index contributed by atoms with van der Waals surface area (Å²) in [6.07, 6.45) is 8.65. The van der Waals surface area contributed by atoms with Crippen molar-refractivity contribution in [2.24, 2.45) is 7.05 Å². The number of piperidine rings is 1. The maximum atomic E-state index is 12.7. The Hall–Kier alpha value is -3.68. The van der Waals surface area contributed by atoms with Gasteiger partial charge in [0, 0.05) is 72.5 Å². The van der Waals surface area contributed by atoms with Crippen LogP contribution >= 0.6 is 0 Å². The van der Waals surface area contributed by atoms with E-state index in [0.29, 0.717) is 24.7 Å². The number of carbonyl (C=O) groups excluding carboxylic acids is 1. The van der Waals surface area contributed by atoms with E-state index in [1.807, 2.05) is 31.1 Å². The first-order valence-corrected chi connectivity index (χ1v) is 10.4. The standard InChI is InChI=1S/C23H23N7O/c1-15-9-21(28-29(15)2)23(31)30-7-5-16(6-8-30)20-4-3-17-10-18(13-26-22(17)27-20)19-11-24-14-25-12-19/h3-4,9-14,16H,5-8H2,1-2H3. The van der Waals surface area contributed by atoms with Gasteiger partial charge in [-0.1, -0.05) is 0 Å². The van der Waals surface area contributed by atoms with E-state index in [-0.39, 0.29) is 5.91 Å². The summed E-state index contributed by atoms with van der Waals surface area (Å²) in [5.41, 5.74) is 5.18. The third-order valence-corrected chi connectivity index (χ3v) is 5.99. The van der Waals surface area contributed by atoms with Crippen LogP contribution in [0.4, 0.5) is 0 Å². The second-order valence-corrected chi connectivity index (χ2v) is 8.00. The molecule has 0 bridgehead atoms. The Labute approximate surface area is 180 Å². The van der Waals surface area contributed by atoms with Gasteiger partial charge in [0.1, 0.15) is 6.33 Å². The molecular weight excluding hydrogens is 390 g/mol. The third kappa shape index (κ3) is 3.76. The Morgan fingerprint density at radius 1 is 1.03 bits per heavy atom. The monoisotopic (exact) mass is 413 g/mol. The van der Waals surface area contributed by atoms with Crippen molar-refractivity contribution in [2.75, 3.05) is 13.1 Å². The van der Waals surface area contributed by atoms with Crippen molar-refractivity contribution in [3.8, 4) is 11.1 Å². The number of carbonyl (C=O) groups is 1. The summed E-state index contributed by atoms with van der Waals surface area (Å²) >= 11 is 0. The highest BCUT2D eigenvalue weighted by Gasteiger charge is 2.27. The second-order valence-electron chi connectivity index (χ2n) is 8.00. The lowest BCUT2D eigenvalue weighted by Crippen LogP contribution is -2.38. The van der Waals surface area contributed by atoms with E-state index in [1.54, 1.807) is 17.1 Å². The summed E-state index contributed by atoms with van der Waals surface area (Å²) in [4.78, 5) is 32.2. The van der Waals surface area contributed by atoms with Gasteiger partial charge >= 0.3 is 0 Å². The Morgan fingerprint density at radius 3 is 2.52 bits per heavy atom. The van der Waals surface area contributed by atoms with Gasteiger partial charge in [-0.05, 0) is 44.0 Å². The summed E-state index contributed by atoms with van der Waals surface area (Å²) in [5, 5.41) is 5.31. The number of pyridine rings is 2. The van der Waals surface area contributed by atoms with Crippen molar-refractivity contribution in [3.05, 3.63) is 66.3 Å². The van der Waals surface area contributed by atoms with Gasteiger partial charge in [-0.3, -0.25) is 9.48 Å². The Bertz CT molecular complexity index is 1220. The maximum Gasteiger partial charge on any atom is 0.274 e. The predicted octanol–water partition coefficient (Wildman–Crippen LogP) is 3.15. The molecule has 5 rings (SSSR count). The van der Waals surface area contributed by atoms with Crippen LogP contribution in [0.5, 0.6) is 0 Å². The van der Waals surface area contributed by atoms with Gasteiger partial charge in [0.15, 0.2) is 11.3 Å². The molecule has 156 valence electrons. The smallest absolute Gasteiger partial charge is 0.274 e. The number of rotatable bonds is 3. The molecule has 0 aliphatic carbocycles. The highest BCUT2D eigenvalue weighted by Crippen LogP contribution is 2.29. The topological polar surface area (TPSA) is 89.7 Å². The molecule has 4 aromatic heterocycles. The number of likely N-dealkylation sites (tertiary alicyclic amines) is 1. The summed E-state index contributed by atoms with van der Waals surface area (Å²) in [6, 6.07) is 8.07. The minimum atomic E-state index is 0.00714. The highest BCUT2D eigenvalue weighted by atomic mass is 16.2. The van der Waals surface area contributed by atoms with Gasteiger partial charge in [0.2, 0.25) is 0 Å². The van der Waals surface area contributed by atoms with Crippen LogP contribution in [-0.4, -0.2) is 53.6 Å². The van der Waals surface area contributed by atoms with Gasteiger partial charge in [-0.15, -0.1) is 0 Å². The minimum Gasteiger partial charge on any atom is -0.337 e. The van der Waals surface area contributed by atoms with Gasteiger partial charge in [0.05, 0.1) is 0 Å². The van der Waals surface area contributed by atoms with E-state index in [0.717, 1.165) is 46.4 Å². The summed E-state index contributed by atoms with van der Waals surface area (Å²) in [5.74, 6) is 0.329. The van der Waals surface area contributed by atoms with Crippen LogP contribution in [0.3, 0.4) is 0 Å². The van der Waals surface area contributed by atoms with Crippen molar-refractivity contribution in [3.63, 3.8) is 0 Å². The van der Waals surface area contributed by atoms with Crippen LogP contribution in [0.25, 0.3) is 22.2 Å². The zero-order valence-corrected chi connectivity index (χ0v) is 17.6. The van der Waals surface area contributed by atoms with Gasteiger partial charge in [-0.25, -0.2) is 19.9 Å². The zero-order valence-electron chi connectivity index (χ0n) is 17.6. The molecule has 0 atom stereocenters. The lowest BCUT2D eigenvalue weighted by molar-refractivity contribution is 0.0705. The molecule has 8 heteroatoms. The molecule has 4 aromatic rings. The number of amides is 1. The molecule has 0 spiro atoms. The van der Waals surface area contributed by atoms with Crippen LogP contribution in [0, 0.1) is 6.92 Å². The summed E-state index contributed by atoms with van der Waals surface area (Å²) in [6.45, 7) is 3.37. The Balaban J connectivity index is 1.30. The normalized spacial score (nSPS) is 14.8. The van der Waals surface area contributed by atoms with Crippen LogP contribution in [0.1, 0.15) is 40.6 Å². The van der Waals surface area contributed by atoms with E-state index in [1.165, 1.54) is 6.33 Å². The zero-order chi connectivity index (χ0) is 21.4. The molecule has 0 unspecified atom stereocenters. The van der Waals surface area contributed by atoms with E-state index < -0.39 is 0 Å². The number of fused-ring (bicyclic) bond motifs is 1. The average molecular weight is 413 g/mol. The van der Waals surface area contributed by atoms with Gasteiger partial charge < -0.3 is 4.90 Å². The number of hydrogen-bond donors (Lipinski definition) is 0. The lowest BCUT2D eigenvalue weighted by Gasteiger charge is -2.31. The summed E-state index contributed by atoms with van der Waals surface area (Å²) in [7, 11) is 1.86. The van der Waals surface area contributed by atoms with Crippen LogP contribution in [0.15, 0.2) is 49.2 Å². The second kappa shape index (κ2) is 7.86. The molecule has 1 amide bonds. The molecule has 5 heterocycles. The quantitative estimate of drug-likeness (QED) is 0.513. The molecule has 1 aliphatic heterocycles. The van der Waals surface area contributed by atoms with Crippen LogP contribution < -0.4 is 0 Å². The van der Waals surface area contributed by atoms with Crippen molar-refractivity contribution in [1.82, 2.24) is 34.6 Å². The van der Waals surface area contributed by atoms with E-state index in [9.17, 15) is 4.79 Å². The number of hydrogen-bond acceptors (Lipinski definition) is 6. The first-order valence-electron chi connectivity index (χ1n) is 10.4. The summed E-state index contributed by atoms with van der Waals surface area (Å²) < 4.78 is 1.74. The van der Waals surface area contributed by atoms with Gasteiger partial charge in [-0.2, -0.15) is 5.10 Å². The molecule has 8 nitrogen and oxygen atoms in total. The van der Waals surface area contributed by atoms with E-state index in [4.69, 9.17) is 4.98 Å². The lowest BCUT2D eigenvalue weighted by atomic mass is 9.92. The molecular formula is C23H23N7O. The molecule has 31 heavy (non-hydrogen) atoms. The minimum absolute atomic E-state index is 0.00714. The Morgan fingerprint density at radius 2 is 1.81 bits per heavy atom. The average Bonchev–Trinajstić information content (AvgIpc) is 3.16. The fourth-order valence-corrected chi connectivity index (χ4v) is 4.06. The molecule has 1 aliphatic rings. The first kappa shape index (κ1) is 19.3. The van der Waals surface area contributed by atoms with Crippen LogP contribution in [0.2, 0.25) is 0 Å². The molecule has 0 radical (unpaired) electrons. The maximum absolute atomic E-state index is 12.7. The third-order valence-electron chi connectivity index (χ3n) is 5.99. The molecule has 1 saturated heterocycles. The van der Waals surface area contributed by atoms with Crippen molar-refractivity contribution >= 4 is 16.9 Å². The largest absolute Gasteiger partial charge is 0.337 e. The number of aromatic nitrogens is 6.